The topological polar surface area (TPSA) is 66.8 Å². The zero-order valence-corrected chi connectivity index (χ0v) is 12.2. The van der Waals surface area contributed by atoms with Gasteiger partial charge in [-0.05, 0) is 38.0 Å². The molecule has 1 aliphatic heterocycles. The number of hydrogen-bond donors (Lipinski definition) is 1. The number of β-amino-alcohol motifs (C(OH)–C–C–N with tert-alkyl or cyclic N) is 1. The first-order valence-corrected chi connectivity index (χ1v) is 7.27. The SMILES string of the molecule is CC(C)Oc1ccc(C(O)CN2C(=O)C3CC3C2=O)cc1. The van der Waals surface area contributed by atoms with Gasteiger partial charge in [0.05, 0.1) is 30.6 Å². The molecule has 2 fully saturated rings. The predicted molar refractivity (Wildman–Crippen MR) is 75.5 cm³/mol. The van der Waals surface area contributed by atoms with Crippen molar-refractivity contribution in [3.63, 3.8) is 0 Å². The van der Waals surface area contributed by atoms with Crippen LogP contribution >= 0.6 is 0 Å². The lowest BCUT2D eigenvalue weighted by Crippen LogP contribution is -2.36. The Hall–Kier alpha value is -1.88. The van der Waals surface area contributed by atoms with Gasteiger partial charge in [-0.3, -0.25) is 14.5 Å². The van der Waals surface area contributed by atoms with Crippen LogP contribution in [0.1, 0.15) is 31.9 Å². The number of nitrogens with zero attached hydrogens (tertiary/aromatic N) is 1. The van der Waals surface area contributed by atoms with Gasteiger partial charge in [0, 0.05) is 0 Å². The van der Waals surface area contributed by atoms with Crippen molar-refractivity contribution < 1.29 is 19.4 Å². The Bertz CT molecular complexity index is 546. The molecule has 1 saturated heterocycles. The molecule has 1 heterocycles. The summed E-state index contributed by atoms with van der Waals surface area (Å²) in [6.07, 6.45) is -0.0817. The average Bonchev–Trinajstić information content (AvgIpc) is 3.19. The largest absolute Gasteiger partial charge is 0.491 e. The van der Waals surface area contributed by atoms with Gasteiger partial charge in [0.2, 0.25) is 11.8 Å². The Morgan fingerprint density at radius 3 is 2.29 bits per heavy atom. The fourth-order valence-electron chi connectivity index (χ4n) is 2.75. The van der Waals surface area contributed by atoms with Crippen LogP contribution in [0.15, 0.2) is 24.3 Å². The van der Waals surface area contributed by atoms with Gasteiger partial charge in [0.25, 0.3) is 0 Å². The summed E-state index contributed by atoms with van der Waals surface area (Å²) in [6.45, 7) is 3.92. The Morgan fingerprint density at radius 1 is 1.19 bits per heavy atom. The second-order valence-electron chi connectivity index (χ2n) is 5.99. The van der Waals surface area contributed by atoms with E-state index in [1.54, 1.807) is 24.3 Å². The van der Waals surface area contributed by atoms with Crippen LogP contribution in [0.3, 0.4) is 0 Å². The van der Waals surface area contributed by atoms with Crippen molar-refractivity contribution in [1.29, 1.82) is 0 Å². The number of piperidine rings is 1. The van der Waals surface area contributed by atoms with Crippen LogP contribution in [0.2, 0.25) is 0 Å². The lowest BCUT2D eigenvalue weighted by atomic mass is 10.1. The lowest BCUT2D eigenvalue weighted by molar-refractivity contribution is -0.143. The standard InChI is InChI=1S/C16H19NO4/c1-9(2)21-11-5-3-10(4-6-11)14(18)8-17-15(19)12-7-13(12)16(17)20/h3-6,9,12-14,18H,7-8H2,1-2H3. The van der Waals surface area contributed by atoms with Gasteiger partial charge in [-0.1, -0.05) is 12.1 Å². The normalized spacial score (nSPS) is 25.2. The average molecular weight is 289 g/mol. The first-order chi connectivity index (χ1) is 9.97. The highest BCUT2D eigenvalue weighted by Gasteiger charge is 2.58. The molecule has 1 aromatic rings. The van der Waals surface area contributed by atoms with E-state index in [2.05, 4.69) is 0 Å². The fourth-order valence-corrected chi connectivity index (χ4v) is 2.75. The van der Waals surface area contributed by atoms with Gasteiger partial charge in [0.15, 0.2) is 0 Å². The van der Waals surface area contributed by atoms with Crippen LogP contribution in [0.5, 0.6) is 5.75 Å². The second kappa shape index (κ2) is 5.15. The van der Waals surface area contributed by atoms with E-state index >= 15 is 0 Å². The maximum Gasteiger partial charge on any atom is 0.233 e. The molecular formula is C16H19NO4. The first-order valence-electron chi connectivity index (χ1n) is 7.27. The number of hydrogen-bond acceptors (Lipinski definition) is 4. The van der Waals surface area contributed by atoms with E-state index < -0.39 is 6.10 Å². The molecule has 5 nitrogen and oxygen atoms in total. The third-order valence-corrected chi connectivity index (χ3v) is 3.95. The monoisotopic (exact) mass is 289 g/mol. The molecule has 3 atom stereocenters. The summed E-state index contributed by atoms with van der Waals surface area (Å²) in [7, 11) is 0. The zero-order chi connectivity index (χ0) is 15.1. The molecule has 0 spiro atoms. The number of carbonyl (C=O) groups excluding carboxylic acids is 2. The number of imide groups is 1. The van der Waals surface area contributed by atoms with E-state index in [4.69, 9.17) is 4.74 Å². The number of benzene rings is 1. The van der Waals surface area contributed by atoms with E-state index in [0.717, 1.165) is 5.75 Å². The van der Waals surface area contributed by atoms with Crippen molar-refractivity contribution in [2.45, 2.75) is 32.5 Å². The van der Waals surface area contributed by atoms with Gasteiger partial charge < -0.3 is 9.84 Å². The second-order valence-corrected chi connectivity index (χ2v) is 5.99. The Labute approximate surface area is 123 Å². The third-order valence-electron chi connectivity index (χ3n) is 3.95. The minimum absolute atomic E-state index is 0.0368. The number of carbonyl (C=O) groups is 2. The van der Waals surface area contributed by atoms with Crippen LogP contribution in [-0.4, -0.2) is 34.5 Å². The number of rotatable bonds is 5. The molecule has 1 aromatic carbocycles. The van der Waals surface area contributed by atoms with E-state index in [1.165, 1.54) is 4.90 Å². The summed E-state index contributed by atoms with van der Waals surface area (Å²) in [5.74, 6) is 0.223. The zero-order valence-electron chi connectivity index (χ0n) is 12.2. The number of aliphatic hydroxyl groups is 1. The van der Waals surface area contributed by atoms with Crippen LogP contribution < -0.4 is 4.74 Å². The number of fused-ring (bicyclic) bond motifs is 1. The van der Waals surface area contributed by atoms with Crippen molar-refractivity contribution in [2.24, 2.45) is 11.8 Å². The maximum absolute atomic E-state index is 11.9. The highest BCUT2D eigenvalue weighted by atomic mass is 16.5. The minimum Gasteiger partial charge on any atom is -0.491 e. The lowest BCUT2D eigenvalue weighted by Gasteiger charge is -2.20. The van der Waals surface area contributed by atoms with Gasteiger partial charge >= 0.3 is 0 Å². The Morgan fingerprint density at radius 2 is 1.76 bits per heavy atom. The molecular weight excluding hydrogens is 270 g/mol. The van der Waals surface area contributed by atoms with Crippen molar-refractivity contribution in [1.82, 2.24) is 4.90 Å². The summed E-state index contributed by atoms with van der Waals surface area (Å²) < 4.78 is 5.54. The summed E-state index contributed by atoms with van der Waals surface area (Å²) in [4.78, 5) is 24.9. The van der Waals surface area contributed by atoms with Crippen molar-refractivity contribution in [2.75, 3.05) is 6.54 Å². The summed E-state index contributed by atoms with van der Waals surface area (Å²) in [5.41, 5.74) is 0.673. The summed E-state index contributed by atoms with van der Waals surface area (Å²) in [6, 6.07) is 7.08. The molecule has 1 N–H and O–H groups in total. The van der Waals surface area contributed by atoms with Crippen LogP contribution in [-0.2, 0) is 9.59 Å². The smallest absolute Gasteiger partial charge is 0.233 e. The molecule has 3 rings (SSSR count). The quantitative estimate of drug-likeness (QED) is 0.834. The van der Waals surface area contributed by atoms with E-state index in [1.807, 2.05) is 13.8 Å². The van der Waals surface area contributed by atoms with E-state index in [9.17, 15) is 14.7 Å². The number of amides is 2. The fraction of sp³-hybridized carbons (Fsp3) is 0.500. The van der Waals surface area contributed by atoms with Gasteiger partial charge in [-0.15, -0.1) is 0 Å². The van der Waals surface area contributed by atoms with Crippen LogP contribution in [0.25, 0.3) is 0 Å². The van der Waals surface area contributed by atoms with Gasteiger partial charge in [0.1, 0.15) is 5.75 Å². The molecule has 0 radical (unpaired) electrons. The number of aliphatic hydroxyl groups excluding tert-OH is 1. The highest BCUT2D eigenvalue weighted by molar-refractivity contribution is 6.08. The molecule has 2 aliphatic rings. The number of ether oxygens (including phenoxy) is 1. The van der Waals surface area contributed by atoms with Crippen molar-refractivity contribution >= 4 is 11.8 Å². The highest BCUT2D eigenvalue weighted by Crippen LogP contribution is 2.47. The first kappa shape index (κ1) is 14.1. The molecule has 2 amide bonds. The molecule has 0 aromatic heterocycles. The Balaban J connectivity index is 1.64. The molecule has 1 saturated carbocycles. The van der Waals surface area contributed by atoms with Crippen LogP contribution in [0.4, 0.5) is 0 Å². The number of likely N-dealkylation sites (tertiary alicyclic amines) is 1. The minimum atomic E-state index is -0.858. The van der Waals surface area contributed by atoms with Crippen molar-refractivity contribution in [3.05, 3.63) is 29.8 Å². The van der Waals surface area contributed by atoms with Gasteiger partial charge in [-0.2, -0.15) is 0 Å². The van der Waals surface area contributed by atoms with Crippen LogP contribution in [0, 0.1) is 11.8 Å². The Kier molecular flexibility index (Phi) is 3.45. The molecule has 21 heavy (non-hydrogen) atoms. The summed E-state index contributed by atoms with van der Waals surface area (Å²) in [5, 5.41) is 10.2. The predicted octanol–water partition coefficient (Wildman–Crippen LogP) is 1.51. The van der Waals surface area contributed by atoms with E-state index in [0.29, 0.717) is 12.0 Å². The third kappa shape index (κ3) is 2.65. The molecule has 3 unspecified atom stereocenters. The molecule has 0 bridgehead atoms. The molecule has 112 valence electrons. The van der Waals surface area contributed by atoms with Crippen molar-refractivity contribution in [3.8, 4) is 5.75 Å². The molecule has 1 aliphatic carbocycles. The molecule has 5 heteroatoms. The van der Waals surface area contributed by atoms with E-state index in [-0.39, 0.29) is 36.3 Å². The maximum atomic E-state index is 11.9. The van der Waals surface area contributed by atoms with Gasteiger partial charge in [-0.25, -0.2) is 0 Å². The summed E-state index contributed by atoms with van der Waals surface area (Å²) >= 11 is 0.